The maximum atomic E-state index is 11.7. The van der Waals surface area contributed by atoms with Crippen LogP contribution in [0.4, 0.5) is 4.79 Å². The number of hydrogen-bond acceptors (Lipinski definition) is 4. The van der Waals surface area contributed by atoms with Gasteiger partial charge in [-0.25, -0.2) is 4.79 Å². The predicted octanol–water partition coefficient (Wildman–Crippen LogP) is 4.01. The summed E-state index contributed by atoms with van der Waals surface area (Å²) in [6, 6.07) is 7.98. The average Bonchev–Trinajstić information content (AvgIpc) is 3.35. The van der Waals surface area contributed by atoms with Crippen molar-refractivity contribution in [1.29, 1.82) is 0 Å². The average molecular weight is 413 g/mol. The normalized spacial score (nSPS) is 21.3. The third-order valence-corrected chi connectivity index (χ3v) is 6.20. The van der Waals surface area contributed by atoms with Crippen LogP contribution in [-0.4, -0.2) is 40.6 Å². The molecule has 8 nitrogen and oxygen atoms in total. The lowest BCUT2D eigenvalue weighted by Gasteiger charge is -2.28. The van der Waals surface area contributed by atoms with Crippen molar-refractivity contribution in [3.8, 4) is 5.69 Å². The molecule has 1 N–H and O–H groups in total. The van der Waals surface area contributed by atoms with Gasteiger partial charge in [0.1, 0.15) is 5.82 Å². The van der Waals surface area contributed by atoms with E-state index in [1.165, 1.54) is 4.90 Å². The van der Waals surface area contributed by atoms with Gasteiger partial charge in [-0.05, 0) is 55.5 Å². The maximum absolute atomic E-state index is 11.7. The van der Waals surface area contributed by atoms with Crippen LogP contribution >= 0.6 is 11.6 Å². The summed E-state index contributed by atoms with van der Waals surface area (Å²) in [7, 11) is 0. The molecule has 3 heterocycles. The van der Waals surface area contributed by atoms with E-state index in [1.807, 2.05) is 45.9 Å². The van der Waals surface area contributed by atoms with Crippen molar-refractivity contribution in [2.75, 3.05) is 0 Å². The van der Waals surface area contributed by atoms with Crippen molar-refractivity contribution in [2.24, 2.45) is 0 Å². The van der Waals surface area contributed by atoms with E-state index < -0.39 is 6.09 Å². The van der Waals surface area contributed by atoms with Crippen LogP contribution in [0.5, 0.6) is 0 Å². The largest absolute Gasteiger partial charge is 0.465 e. The molecule has 3 aromatic rings. The lowest BCUT2D eigenvalue weighted by Crippen LogP contribution is -2.28. The quantitative estimate of drug-likeness (QED) is 0.686. The molecule has 0 unspecified atom stereocenters. The van der Waals surface area contributed by atoms with Crippen LogP contribution in [0.2, 0.25) is 5.02 Å². The Morgan fingerprint density at radius 1 is 1.14 bits per heavy atom. The van der Waals surface area contributed by atoms with Gasteiger partial charge in [-0.2, -0.15) is 5.10 Å². The predicted molar refractivity (Wildman–Crippen MR) is 106 cm³/mol. The molecule has 2 aliphatic rings. The van der Waals surface area contributed by atoms with Gasteiger partial charge in [0.05, 0.1) is 24.8 Å². The number of rotatable bonds is 2. The summed E-state index contributed by atoms with van der Waals surface area (Å²) in [6.07, 6.45) is 6.92. The monoisotopic (exact) mass is 412 g/mol. The van der Waals surface area contributed by atoms with Crippen LogP contribution in [0.1, 0.15) is 54.9 Å². The Morgan fingerprint density at radius 2 is 1.97 bits per heavy atom. The minimum atomic E-state index is -0.978. The highest BCUT2D eigenvalue weighted by atomic mass is 35.5. The van der Waals surface area contributed by atoms with Gasteiger partial charge in [-0.1, -0.05) is 11.6 Å². The fourth-order valence-electron chi connectivity index (χ4n) is 4.52. The van der Waals surface area contributed by atoms with E-state index in [-0.39, 0.29) is 19.0 Å². The molecule has 150 valence electrons. The number of amides is 1. The number of benzene rings is 1. The highest BCUT2D eigenvalue weighted by Crippen LogP contribution is 2.39. The van der Waals surface area contributed by atoms with Crippen LogP contribution in [0.3, 0.4) is 0 Å². The van der Waals surface area contributed by atoms with Gasteiger partial charge >= 0.3 is 6.09 Å². The van der Waals surface area contributed by atoms with E-state index in [0.29, 0.717) is 16.9 Å². The highest BCUT2D eigenvalue weighted by Gasteiger charge is 2.32. The van der Waals surface area contributed by atoms with E-state index >= 15 is 0 Å². The molecule has 1 aromatic carbocycles. The number of halogens is 1. The van der Waals surface area contributed by atoms with Crippen LogP contribution in [0.15, 0.2) is 36.7 Å². The molecule has 1 aliphatic carbocycles. The summed E-state index contributed by atoms with van der Waals surface area (Å²) in [5.41, 5.74) is 1.78. The standard InChI is InChI=1S/C20H21ClN6O2/c21-15-4-7-17-14(10-15)11-25(20(28)29)12-18-23-24-19(27(17)18)13-2-5-16(6-3-13)26-9-1-8-22-26/h1,4,7-10,13,16H,2-3,5-6,11-12H2,(H,28,29). The Labute approximate surface area is 172 Å². The third kappa shape index (κ3) is 3.27. The molecule has 0 saturated heterocycles. The molecule has 0 radical (unpaired) electrons. The number of carbonyl (C=O) groups is 1. The van der Waals surface area contributed by atoms with Crippen molar-refractivity contribution >= 4 is 17.7 Å². The SMILES string of the molecule is O=C(O)N1Cc2cc(Cl)ccc2-n2c(nnc2C2CCC(n3cccn3)CC2)C1. The fraction of sp³-hybridized carbons (Fsp3) is 0.400. The van der Waals surface area contributed by atoms with Crippen molar-refractivity contribution < 1.29 is 9.90 Å². The van der Waals surface area contributed by atoms with Crippen LogP contribution in [0, 0.1) is 0 Å². The minimum Gasteiger partial charge on any atom is -0.465 e. The lowest BCUT2D eigenvalue weighted by molar-refractivity contribution is 0.139. The summed E-state index contributed by atoms with van der Waals surface area (Å²) >= 11 is 6.20. The Hall–Kier alpha value is -2.87. The Morgan fingerprint density at radius 3 is 2.69 bits per heavy atom. The number of aromatic nitrogens is 5. The maximum Gasteiger partial charge on any atom is 0.408 e. The molecule has 1 saturated carbocycles. The van der Waals surface area contributed by atoms with Gasteiger partial charge in [0, 0.05) is 23.3 Å². The van der Waals surface area contributed by atoms with Gasteiger partial charge in [0.15, 0.2) is 5.82 Å². The van der Waals surface area contributed by atoms with Gasteiger partial charge in [-0.15, -0.1) is 10.2 Å². The molecule has 0 spiro atoms. The first-order valence-corrected chi connectivity index (χ1v) is 10.2. The van der Waals surface area contributed by atoms with Gasteiger partial charge in [-0.3, -0.25) is 14.1 Å². The molecule has 9 heteroatoms. The molecule has 1 fully saturated rings. The van der Waals surface area contributed by atoms with Crippen molar-refractivity contribution in [1.82, 2.24) is 29.4 Å². The van der Waals surface area contributed by atoms with E-state index in [4.69, 9.17) is 11.6 Å². The molecule has 1 aliphatic heterocycles. The molecular weight excluding hydrogens is 392 g/mol. The molecular formula is C20H21ClN6O2. The van der Waals surface area contributed by atoms with Gasteiger partial charge in [0.25, 0.3) is 0 Å². The zero-order chi connectivity index (χ0) is 20.0. The molecule has 0 atom stereocenters. The Bertz CT molecular complexity index is 1040. The molecule has 1 amide bonds. The van der Waals surface area contributed by atoms with Crippen molar-refractivity contribution in [2.45, 2.75) is 50.7 Å². The van der Waals surface area contributed by atoms with E-state index in [1.54, 1.807) is 0 Å². The third-order valence-electron chi connectivity index (χ3n) is 5.96. The lowest BCUT2D eigenvalue weighted by atomic mass is 9.85. The van der Waals surface area contributed by atoms with E-state index in [2.05, 4.69) is 15.3 Å². The molecule has 5 rings (SSSR count). The fourth-order valence-corrected chi connectivity index (χ4v) is 4.72. The van der Waals surface area contributed by atoms with Crippen LogP contribution in [-0.2, 0) is 13.1 Å². The molecule has 0 bridgehead atoms. The smallest absolute Gasteiger partial charge is 0.408 e. The summed E-state index contributed by atoms with van der Waals surface area (Å²) in [4.78, 5) is 13.0. The van der Waals surface area contributed by atoms with Crippen LogP contribution in [0.25, 0.3) is 5.69 Å². The first-order chi connectivity index (χ1) is 14.1. The summed E-state index contributed by atoms with van der Waals surface area (Å²) < 4.78 is 4.09. The zero-order valence-electron chi connectivity index (χ0n) is 15.8. The van der Waals surface area contributed by atoms with Gasteiger partial charge < -0.3 is 5.11 Å². The van der Waals surface area contributed by atoms with Crippen molar-refractivity contribution in [3.63, 3.8) is 0 Å². The van der Waals surface area contributed by atoms with Gasteiger partial charge in [0.2, 0.25) is 0 Å². The summed E-state index contributed by atoms with van der Waals surface area (Å²) in [5.74, 6) is 1.84. The Kier molecular flexibility index (Phi) is 4.50. The number of hydrogen-bond donors (Lipinski definition) is 1. The van der Waals surface area contributed by atoms with E-state index in [9.17, 15) is 9.90 Å². The van der Waals surface area contributed by atoms with E-state index in [0.717, 1.165) is 42.8 Å². The number of fused-ring (bicyclic) bond motifs is 3. The Balaban J connectivity index is 1.49. The van der Waals surface area contributed by atoms with Crippen LogP contribution < -0.4 is 0 Å². The van der Waals surface area contributed by atoms with Crippen molar-refractivity contribution in [3.05, 3.63) is 58.9 Å². The second-order valence-corrected chi connectivity index (χ2v) is 8.15. The summed E-state index contributed by atoms with van der Waals surface area (Å²) in [5, 5.41) is 23.4. The highest BCUT2D eigenvalue weighted by molar-refractivity contribution is 6.30. The molecule has 2 aromatic heterocycles. The number of carboxylic acid groups (broad SMARTS) is 1. The molecule has 29 heavy (non-hydrogen) atoms. The first-order valence-electron chi connectivity index (χ1n) is 9.80. The topological polar surface area (TPSA) is 89.1 Å². The second-order valence-electron chi connectivity index (χ2n) is 7.71. The minimum absolute atomic E-state index is 0.206. The second kappa shape index (κ2) is 7.18. The summed E-state index contributed by atoms with van der Waals surface area (Å²) in [6.45, 7) is 0.483. The zero-order valence-corrected chi connectivity index (χ0v) is 16.5. The number of nitrogens with zero attached hydrogens (tertiary/aromatic N) is 6. The first kappa shape index (κ1) is 18.2.